The molecule has 24 heavy (non-hydrogen) atoms. The lowest BCUT2D eigenvalue weighted by molar-refractivity contribution is 0.0932. The second kappa shape index (κ2) is 7.03. The van der Waals surface area contributed by atoms with E-state index in [2.05, 4.69) is 20.4 Å². The predicted molar refractivity (Wildman–Crippen MR) is 91.8 cm³/mol. The average molecular weight is 330 g/mol. The molecular weight excluding hydrogens is 307 g/mol. The van der Waals surface area contributed by atoms with Gasteiger partial charge in [-0.2, -0.15) is 5.10 Å². The van der Waals surface area contributed by atoms with E-state index in [0.29, 0.717) is 12.1 Å². The summed E-state index contributed by atoms with van der Waals surface area (Å²) in [5.41, 5.74) is 2.32. The first-order valence-corrected chi connectivity index (χ1v) is 8.39. The van der Waals surface area contributed by atoms with Crippen LogP contribution in [0.25, 0.3) is 0 Å². The molecule has 2 aromatic rings. The molecule has 2 heterocycles. The summed E-state index contributed by atoms with van der Waals surface area (Å²) in [7, 11) is 0. The number of aromatic nitrogens is 2. The molecule has 128 valence electrons. The van der Waals surface area contributed by atoms with Gasteiger partial charge >= 0.3 is 0 Å². The van der Waals surface area contributed by atoms with Crippen LogP contribution in [-0.4, -0.2) is 35.2 Å². The van der Waals surface area contributed by atoms with Crippen LogP contribution in [0.5, 0.6) is 0 Å². The summed E-state index contributed by atoms with van der Waals surface area (Å²) >= 11 is 0. The van der Waals surface area contributed by atoms with Crippen molar-refractivity contribution in [2.45, 2.75) is 38.6 Å². The normalized spacial score (nSPS) is 18.0. The third kappa shape index (κ3) is 3.58. The molecular formula is C18H23FN4O. The molecule has 0 unspecified atom stereocenters. The number of hydrogen-bond acceptors (Lipinski definition) is 3. The van der Waals surface area contributed by atoms with Crippen LogP contribution in [0, 0.1) is 5.82 Å². The molecule has 1 aromatic carbocycles. The first kappa shape index (κ1) is 16.5. The van der Waals surface area contributed by atoms with E-state index in [9.17, 15) is 9.18 Å². The molecule has 0 saturated carbocycles. The van der Waals surface area contributed by atoms with Crippen molar-refractivity contribution in [1.29, 1.82) is 0 Å². The Balaban J connectivity index is 1.67. The fourth-order valence-electron chi connectivity index (χ4n) is 3.18. The van der Waals surface area contributed by atoms with E-state index in [1.807, 2.05) is 19.9 Å². The van der Waals surface area contributed by atoms with E-state index in [1.54, 1.807) is 12.3 Å². The second-order valence-electron chi connectivity index (χ2n) is 6.59. The lowest BCUT2D eigenvalue weighted by atomic mass is 10.0. The standard InChI is InChI=1S/C18H23FN4O/c1-12(2)17-16(10-20-22-17)18(24)21-14-6-4-8-23(11-14)15-7-3-5-13(19)9-15/h3,5,7,9-10,12,14H,4,6,8,11H2,1-2H3,(H,20,22)(H,21,24)/t14-/m1/s1. The van der Waals surface area contributed by atoms with Gasteiger partial charge in [0.2, 0.25) is 0 Å². The summed E-state index contributed by atoms with van der Waals surface area (Å²) in [5, 5.41) is 9.99. The number of carbonyl (C=O) groups excluding carboxylic acids is 1. The smallest absolute Gasteiger partial charge is 0.255 e. The van der Waals surface area contributed by atoms with Crippen LogP contribution in [0.1, 0.15) is 48.7 Å². The fourth-order valence-corrected chi connectivity index (χ4v) is 3.18. The maximum absolute atomic E-state index is 13.4. The quantitative estimate of drug-likeness (QED) is 0.906. The van der Waals surface area contributed by atoms with Crippen LogP contribution < -0.4 is 10.2 Å². The third-order valence-electron chi connectivity index (χ3n) is 4.42. The summed E-state index contributed by atoms with van der Waals surface area (Å²) in [6.07, 6.45) is 3.47. The number of benzene rings is 1. The van der Waals surface area contributed by atoms with Crippen molar-refractivity contribution in [3.63, 3.8) is 0 Å². The zero-order chi connectivity index (χ0) is 17.1. The van der Waals surface area contributed by atoms with Gasteiger partial charge in [-0.1, -0.05) is 19.9 Å². The average Bonchev–Trinajstić information content (AvgIpc) is 3.05. The molecule has 1 fully saturated rings. The molecule has 1 aliphatic heterocycles. The van der Waals surface area contributed by atoms with E-state index in [-0.39, 0.29) is 23.7 Å². The fraction of sp³-hybridized carbons (Fsp3) is 0.444. The first-order chi connectivity index (χ1) is 11.5. The van der Waals surface area contributed by atoms with Gasteiger partial charge in [0.25, 0.3) is 5.91 Å². The molecule has 1 saturated heterocycles. The zero-order valence-corrected chi connectivity index (χ0v) is 14.1. The minimum Gasteiger partial charge on any atom is -0.369 e. The van der Waals surface area contributed by atoms with E-state index >= 15 is 0 Å². The molecule has 3 rings (SSSR count). The Labute approximate surface area is 141 Å². The Kier molecular flexibility index (Phi) is 4.83. The Bertz CT molecular complexity index is 713. The van der Waals surface area contributed by atoms with Crippen molar-refractivity contribution >= 4 is 11.6 Å². The van der Waals surface area contributed by atoms with Crippen LogP contribution in [0.2, 0.25) is 0 Å². The maximum Gasteiger partial charge on any atom is 0.255 e. The first-order valence-electron chi connectivity index (χ1n) is 8.39. The summed E-state index contributed by atoms with van der Waals surface area (Å²) < 4.78 is 13.4. The molecule has 5 nitrogen and oxygen atoms in total. The number of nitrogens with one attached hydrogen (secondary N) is 2. The van der Waals surface area contributed by atoms with Gasteiger partial charge in [-0.25, -0.2) is 4.39 Å². The highest BCUT2D eigenvalue weighted by atomic mass is 19.1. The van der Waals surface area contributed by atoms with Gasteiger partial charge in [0, 0.05) is 24.8 Å². The largest absolute Gasteiger partial charge is 0.369 e. The predicted octanol–water partition coefficient (Wildman–Crippen LogP) is 3.07. The van der Waals surface area contributed by atoms with Gasteiger partial charge in [-0.05, 0) is 37.0 Å². The number of piperidine rings is 1. The van der Waals surface area contributed by atoms with Gasteiger partial charge in [-0.3, -0.25) is 9.89 Å². The lowest BCUT2D eigenvalue weighted by Crippen LogP contribution is -2.48. The summed E-state index contributed by atoms with van der Waals surface area (Å²) in [6.45, 7) is 5.61. The SMILES string of the molecule is CC(C)c1[nH]ncc1C(=O)N[C@@H]1CCCN(c2cccc(F)c2)C1. The number of hydrogen-bond donors (Lipinski definition) is 2. The van der Waals surface area contributed by atoms with Crippen molar-refractivity contribution in [3.05, 3.63) is 47.5 Å². The number of aromatic amines is 1. The number of carbonyl (C=O) groups is 1. The van der Waals surface area contributed by atoms with Crippen molar-refractivity contribution in [3.8, 4) is 0 Å². The van der Waals surface area contributed by atoms with Crippen molar-refractivity contribution in [2.75, 3.05) is 18.0 Å². The topological polar surface area (TPSA) is 61.0 Å². The molecule has 0 bridgehead atoms. The Morgan fingerprint density at radius 3 is 3.04 bits per heavy atom. The van der Waals surface area contributed by atoms with E-state index < -0.39 is 0 Å². The molecule has 1 aliphatic rings. The highest BCUT2D eigenvalue weighted by Crippen LogP contribution is 2.21. The van der Waals surface area contributed by atoms with Crippen molar-refractivity contribution < 1.29 is 9.18 Å². The van der Waals surface area contributed by atoms with E-state index in [0.717, 1.165) is 30.8 Å². The summed E-state index contributed by atoms with van der Waals surface area (Å²) in [4.78, 5) is 14.7. The molecule has 0 aliphatic carbocycles. The van der Waals surface area contributed by atoms with Gasteiger partial charge < -0.3 is 10.2 Å². The lowest BCUT2D eigenvalue weighted by Gasteiger charge is -2.34. The van der Waals surface area contributed by atoms with Crippen LogP contribution in [0.3, 0.4) is 0 Å². The van der Waals surface area contributed by atoms with Gasteiger partial charge in [0.05, 0.1) is 17.5 Å². The number of rotatable bonds is 4. The van der Waals surface area contributed by atoms with E-state index in [1.165, 1.54) is 12.1 Å². The minimum atomic E-state index is -0.237. The molecule has 1 aromatic heterocycles. The number of amides is 1. The van der Waals surface area contributed by atoms with Crippen LogP contribution >= 0.6 is 0 Å². The molecule has 6 heteroatoms. The molecule has 2 N–H and O–H groups in total. The number of nitrogens with zero attached hydrogens (tertiary/aromatic N) is 2. The van der Waals surface area contributed by atoms with Gasteiger partial charge in [-0.15, -0.1) is 0 Å². The third-order valence-corrected chi connectivity index (χ3v) is 4.42. The zero-order valence-electron chi connectivity index (χ0n) is 14.1. The molecule has 0 radical (unpaired) electrons. The molecule has 1 atom stereocenters. The van der Waals surface area contributed by atoms with Crippen LogP contribution in [0.4, 0.5) is 10.1 Å². The van der Waals surface area contributed by atoms with E-state index in [4.69, 9.17) is 0 Å². The second-order valence-corrected chi connectivity index (χ2v) is 6.59. The number of halogens is 1. The number of anilines is 1. The molecule has 1 amide bonds. The Hall–Kier alpha value is -2.37. The van der Waals surface area contributed by atoms with Crippen molar-refractivity contribution in [2.24, 2.45) is 0 Å². The van der Waals surface area contributed by atoms with Gasteiger partial charge in [0.1, 0.15) is 5.82 Å². The minimum absolute atomic E-state index is 0.0458. The number of H-pyrrole nitrogens is 1. The van der Waals surface area contributed by atoms with Gasteiger partial charge in [0.15, 0.2) is 0 Å². The van der Waals surface area contributed by atoms with Crippen molar-refractivity contribution in [1.82, 2.24) is 15.5 Å². The molecule has 0 spiro atoms. The van der Waals surface area contributed by atoms with Crippen LogP contribution in [0.15, 0.2) is 30.5 Å². The van der Waals surface area contributed by atoms with Crippen LogP contribution in [-0.2, 0) is 0 Å². The summed E-state index contributed by atoms with van der Waals surface area (Å²) in [6, 6.07) is 6.65. The Morgan fingerprint density at radius 2 is 2.29 bits per heavy atom. The summed E-state index contributed by atoms with van der Waals surface area (Å²) in [5.74, 6) is -0.124. The highest BCUT2D eigenvalue weighted by molar-refractivity contribution is 5.95. The highest BCUT2D eigenvalue weighted by Gasteiger charge is 2.24. The monoisotopic (exact) mass is 330 g/mol. The maximum atomic E-state index is 13.4. The Morgan fingerprint density at radius 1 is 1.46 bits per heavy atom.